The summed E-state index contributed by atoms with van der Waals surface area (Å²) in [6.45, 7) is 2.57. The minimum absolute atomic E-state index is 0.0115. The lowest BCUT2D eigenvalue weighted by molar-refractivity contribution is 0.148. The molecule has 0 saturated carbocycles. The van der Waals surface area contributed by atoms with E-state index in [0.717, 1.165) is 28.0 Å². The van der Waals surface area contributed by atoms with Crippen LogP contribution in [0.5, 0.6) is 11.5 Å². The predicted molar refractivity (Wildman–Crippen MR) is 84.9 cm³/mol. The lowest BCUT2D eigenvalue weighted by Crippen LogP contribution is -2.22. The first-order valence-electron chi connectivity index (χ1n) is 6.94. The van der Waals surface area contributed by atoms with E-state index in [1.54, 1.807) is 0 Å². The zero-order chi connectivity index (χ0) is 14.8. The molecule has 2 aromatic carbocycles. The van der Waals surface area contributed by atoms with Gasteiger partial charge in [0.1, 0.15) is 24.2 Å². The zero-order valence-corrected chi connectivity index (χ0v) is 13.4. The first kappa shape index (κ1) is 14.4. The minimum atomic E-state index is -0.0115. The summed E-state index contributed by atoms with van der Waals surface area (Å²) in [6, 6.07) is 11.9. The molecule has 0 bridgehead atoms. The topological polar surface area (TPSA) is 38.7 Å². The molecule has 0 aliphatic carbocycles. The second-order valence-corrected chi connectivity index (χ2v) is 6.13. The SMILES string of the molecule is Cc1ccc2c(c1)CC(COc1ccc(Br)c(CO)c1)O2. The van der Waals surface area contributed by atoms with Crippen molar-refractivity contribution in [1.29, 1.82) is 0 Å². The first-order chi connectivity index (χ1) is 10.2. The van der Waals surface area contributed by atoms with Crippen molar-refractivity contribution in [2.75, 3.05) is 6.61 Å². The van der Waals surface area contributed by atoms with Gasteiger partial charge in [0, 0.05) is 10.9 Å². The molecular weight excluding hydrogens is 332 g/mol. The summed E-state index contributed by atoms with van der Waals surface area (Å²) in [5.74, 6) is 1.71. The Balaban J connectivity index is 1.62. The number of hydrogen-bond acceptors (Lipinski definition) is 3. The summed E-state index contributed by atoms with van der Waals surface area (Å²) >= 11 is 3.39. The normalized spacial score (nSPS) is 16.4. The highest BCUT2D eigenvalue weighted by Gasteiger charge is 2.23. The summed E-state index contributed by atoms with van der Waals surface area (Å²) in [5.41, 5.74) is 3.31. The molecule has 0 radical (unpaired) electrons. The Bertz CT molecular complexity index is 654. The monoisotopic (exact) mass is 348 g/mol. The van der Waals surface area contributed by atoms with Crippen molar-refractivity contribution < 1.29 is 14.6 Å². The van der Waals surface area contributed by atoms with Crippen molar-refractivity contribution in [2.45, 2.75) is 26.1 Å². The van der Waals surface area contributed by atoms with Gasteiger partial charge in [0.05, 0.1) is 6.61 Å². The van der Waals surface area contributed by atoms with Crippen LogP contribution in [0.25, 0.3) is 0 Å². The van der Waals surface area contributed by atoms with Crippen molar-refractivity contribution in [3.05, 3.63) is 57.6 Å². The van der Waals surface area contributed by atoms with Crippen molar-refractivity contribution in [1.82, 2.24) is 0 Å². The third-order valence-corrected chi connectivity index (χ3v) is 4.35. The average Bonchev–Trinajstić information content (AvgIpc) is 2.88. The molecule has 1 heterocycles. The van der Waals surface area contributed by atoms with E-state index >= 15 is 0 Å². The van der Waals surface area contributed by atoms with E-state index in [0.29, 0.717) is 6.61 Å². The molecular formula is C17H17BrO3. The lowest BCUT2D eigenvalue weighted by atomic mass is 10.1. The van der Waals surface area contributed by atoms with Gasteiger partial charge in [0.15, 0.2) is 0 Å². The van der Waals surface area contributed by atoms with Crippen LogP contribution in [0.2, 0.25) is 0 Å². The van der Waals surface area contributed by atoms with E-state index in [1.807, 2.05) is 24.3 Å². The van der Waals surface area contributed by atoms with Crippen LogP contribution in [0.3, 0.4) is 0 Å². The third-order valence-electron chi connectivity index (χ3n) is 3.58. The van der Waals surface area contributed by atoms with Crippen LogP contribution < -0.4 is 9.47 Å². The van der Waals surface area contributed by atoms with Crippen molar-refractivity contribution in [3.8, 4) is 11.5 Å². The molecule has 0 aromatic heterocycles. The number of aryl methyl sites for hydroxylation is 1. The highest BCUT2D eigenvalue weighted by atomic mass is 79.9. The van der Waals surface area contributed by atoms with Gasteiger partial charge in [-0.15, -0.1) is 0 Å². The second kappa shape index (κ2) is 6.08. The van der Waals surface area contributed by atoms with Gasteiger partial charge in [0.25, 0.3) is 0 Å². The van der Waals surface area contributed by atoms with E-state index in [-0.39, 0.29) is 12.7 Å². The Hall–Kier alpha value is -1.52. The Morgan fingerprint density at radius 1 is 1.29 bits per heavy atom. The summed E-state index contributed by atoms with van der Waals surface area (Å²) < 4.78 is 12.6. The van der Waals surface area contributed by atoms with Gasteiger partial charge >= 0.3 is 0 Å². The van der Waals surface area contributed by atoms with E-state index in [9.17, 15) is 5.11 Å². The van der Waals surface area contributed by atoms with Crippen molar-refractivity contribution in [3.63, 3.8) is 0 Å². The van der Waals surface area contributed by atoms with E-state index < -0.39 is 0 Å². The standard InChI is InChI=1S/C17H17BrO3/c1-11-2-5-17-12(6-11)7-15(21-17)10-20-14-3-4-16(18)13(8-14)9-19/h2-6,8,15,19H,7,9-10H2,1H3. The number of aliphatic hydroxyl groups excluding tert-OH is 1. The molecule has 0 saturated heterocycles. The van der Waals surface area contributed by atoms with Crippen LogP contribution in [0.1, 0.15) is 16.7 Å². The summed E-state index contributed by atoms with van der Waals surface area (Å²) in [4.78, 5) is 0. The molecule has 3 rings (SSSR count). The maximum absolute atomic E-state index is 9.26. The van der Waals surface area contributed by atoms with Crippen LogP contribution in [0, 0.1) is 6.92 Å². The molecule has 1 aliphatic heterocycles. The molecule has 0 fully saturated rings. The quantitative estimate of drug-likeness (QED) is 0.916. The number of rotatable bonds is 4. The number of ether oxygens (including phenoxy) is 2. The number of fused-ring (bicyclic) bond motifs is 1. The first-order valence-corrected chi connectivity index (χ1v) is 7.73. The second-order valence-electron chi connectivity index (χ2n) is 5.28. The molecule has 110 valence electrons. The molecule has 1 N–H and O–H groups in total. The molecule has 1 unspecified atom stereocenters. The molecule has 0 amide bonds. The van der Waals surface area contributed by atoms with Gasteiger partial charge in [-0.3, -0.25) is 0 Å². The lowest BCUT2D eigenvalue weighted by Gasteiger charge is -2.13. The van der Waals surface area contributed by atoms with E-state index in [4.69, 9.17) is 9.47 Å². The van der Waals surface area contributed by atoms with Crippen molar-refractivity contribution >= 4 is 15.9 Å². The number of aliphatic hydroxyl groups is 1. The Kier molecular flexibility index (Phi) is 4.17. The average molecular weight is 349 g/mol. The summed E-state index contributed by atoms with van der Waals surface area (Å²) in [5, 5.41) is 9.26. The van der Waals surface area contributed by atoms with Crippen LogP contribution in [0.15, 0.2) is 40.9 Å². The number of benzene rings is 2. The fourth-order valence-electron chi connectivity index (χ4n) is 2.49. The zero-order valence-electron chi connectivity index (χ0n) is 11.8. The van der Waals surface area contributed by atoms with Gasteiger partial charge in [-0.05, 0) is 42.3 Å². The highest BCUT2D eigenvalue weighted by molar-refractivity contribution is 9.10. The maximum Gasteiger partial charge on any atom is 0.137 e. The minimum Gasteiger partial charge on any atom is -0.490 e. The number of hydrogen-bond donors (Lipinski definition) is 1. The predicted octanol–water partition coefficient (Wildman–Crippen LogP) is 3.63. The van der Waals surface area contributed by atoms with Crippen LogP contribution in [0.4, 0.5) is 0 Å². The highest BCUT2D eigenvalue weighted by Crippen LogP contribution is 2.30. The van der Waals surface area contributed by atoms with Gasteiger partial charge in [-0.25, -0.2) is 0 Å². The summed E-state index contributed by atoms with van der Waals surface area (Å²) in [6.07, 6.45) is 0.920. The fourth-order valence-corrected chi connectivity index (χ4v) is 2.87. The van der Waals surface area contributed by atoms with Gasteiger partial charge in [-0.1, -0.05) is 33.6 Å². The molecule has 21 heavy (non-hydrogen) atoms. The molecule has 1 atom stereocenters. The van der Waals surface area contributed by atoms with Crippen LogP contribution in [-0.4, -0.2) is 17.8 Å². The Labute approximate surface area is 132 Å². The van der Waals surface area contributed by atoms with Crippen LogP contribution in [-0.2, 0) is 13.0 Å². The van der Waals surface area contributed by atoms with E-state index in [1.165, 1.54) is 11.1 Å². The maximum atomic E-state index is 9.26. The third kappa shape index (κ3) is 3.22. The number of halogens is 1. The van der Waals surface area contributed by atoms with E-state index in [2.05, 4.69) is 35.0 Å². The fraction of sp³-hybridized carbons (Fsp3) is 0.294. The molecule has 3 nitrogen and oxygen atoms in total. The Morgan fingerprint density at radius 3 is 2.95 bits per heavy atom. The summed E-state index contributed by atoms with van der Waals surface area (Å²) in [7, 11) is 0. The Morgan fingerprint density at radius 2 is 2.14 bits per heavy atom. The molecule has 4 heteroatoms. The van der Waals surface area contributed by atoms with Crippen LogP contribution >= 0.6 is 15.9 Å². The van der Waals surface area contributed by atoms with Gasteiger partial charge in [-0.2, -0.15) is 0 Å². The van der Waals surface area contributed by atoms with Gasteiger partial charge < -0.3 is 14.6 Å². The molecule has 1 aliphatic rings. The van der Waals surface area contributed by atoms with Gasteiger partial charge in [0.2, 0.25) is 0 Å². The smallest absolute Gasteiger partial charge is 0.137 e. The molecule has 2 aromatic rings. The molecule has 0 spiro atoms. The largest absolute Gasteiger partial charge is 0.490 e. The van der Waals surface area contributed by atoms with Crippen molar-refractivity contribution in [2.24, 2.45) is 0 Å².